The second-order valence-electron chi connectivity index (χ2n) is 4.76. The Hall–Kier alpha value is -1.88. The van der Waals surface area contributed by atoms with Gasteiger partial charge in [-0.2, -0.15) is 0 Å². The van der Waals surface area contributed by atoms with E-state index in [0.717, 1.165) is 18.2 Å². The van der Waals surface area contributed by atoms with Gasteiger partial charge in [-0.25, -0.2) is 17.6 Å². The Morgan fingerprint density at radius 3 is 2.24 bits per heavy atom. The topological polar surface area (TPSA) is 12.0 Å². The van der Waals surface area contributed by atoms with Crippen LogP contribution < -0.4 is 5.32 Å². The van der Waals surface area contributed by atoms with Gasteiger partial charge in [0.2, 0.25) is 0 Å². The van der Waals surface area contributed by atoms with Crippen molar-refractivity contribution in [3.05, 3.63) is 70.3 Å². The van der Waals surface area contributed by atoms with Gasteiger partial charge in [-0.3, -0.25) is 0 Å². The third-order valence-electron chi connectivity index (χ3n) is 3.29. The molecule has 0 saturated carbocycles. The number of nitrogens with one attached hydrogen (secondary N) is 1. The monoisotopic (exact) mass is 297 g/mol. The van der Waals surface area contributed by atoms with Gasteiger partial charge >= 0.3 is 0 Å². The van der Waals surface area contributed by atoms with Crippen LogP contribution in [-0.2, 0) is 0 Å². The molecule has 1 unspecified atom stereocenters. The lowest BCUT2D eigenvalue weighted by atomic mass is 9.95. The Balaban J connectivity index is 2.58. The number of hydrogen-bond acceptors (Lipinski definition) is 1. The Labute approximate surface area is 120 Å². The summed E-state index contributed by atoms with van der Waals surface area (Å²) in [4.78, 5) is 0. The fraction of sp³-hybridized carbons (Fsp3) is 0.250. The van der Waals surface area contributed by atoms with Crippen molar-refractivity contribution in [2.75, 3.05) is 6.54 Å². The summed E-state index contributed by atoms with van der Waals surface area (Å²) in [5.74, 6) is -3.47. The molecule has 1 atom stereocenters. The lowest BCUT2D eigenvalue weighted by Gasteiger charge is -2.21. The van der Waals surface area contributed by atoms with Crippen LogP contribution in [0.5, 0.6) is 0 Å². The van der Waals surface area contributed by atoms with Crippen molar-refractivity contribution in [2.45, 2.75) is 19.9 Å². The lowest BCUT2D eigenvalue weighted by Crippen LogP contribution is -2.24. The van der Waals surface area contributed by atoms with Crippen molar-refractivity contribution in [2.24, 2.45) is 0 Å². The van der Waals surface area contributed by atoms with Crippen LogP contribution in [0.1, 0.15) is 29.7 Å². The Bertz CT molecular complexity index is 655. The molecule has 0 heterocycles. The van der Waals surface area contributed by atoms with E-state index in [0.29, 0.717) is 6.54 Å². The molecule has 0 saturated heterocycles. The first-order valence-electron chi connectivity index (χ1n) is 6.58. The molecule has 2 rings (SSSR count). The highest BCUT2D eigenvalue weighted by atomic mass is 19.2. The molecule has 0 aliphatic carbocycles. The minimum absolute atomic E-state index is 0.192. The molecule has 21 heavy (non-hydrogen) atoms. The van der Waals surface area contributed by atoms with Crippen LogP contribution in [0.3, 0.4) is 0 Å². The average molecular weight is 297 g/mol. The standard InChI is InChI=1S/C16H15F4N/c1-3-21-16(10-5-7-11(17)13(19)8-10)14-12(18)6-4-9(2)15(14)20/h4-8,16,21H,3H2,1-2H3. The van der Waals surface area contributed by atoms with Crippen LogP contribution in [0.4, 0.5) is 17.6 Å². The maximum atomic E-state index is 14.3. The normalized spacial score (nSPS) is 12.5. The number of hydrogen-bond donors (Lipinski definition) is 1. The molecule has 1 N–H and O–H groups in total. The van der Waals surface area contributed by atoms with Gasteiger partial charge < -0.3 is 5.32 Å². The smallest absolute Gasteiger partial charge is 0.159 e. The van der Waals surface area contributed by atoms with Gasteiger partial charge in [0.15, 0.2) is 11.6 Å². The lowest BCUT2D eigenvalue weighted by molar-refractivity contribution is 0.491. The van der Waals surface area contributed by atoms with E-state index in [-0.39, 0.29) is 16.7 Å². The molecule has 0 aliphatic rings. The van der Waals surface area contributed by atoms with Gasteiger partial charge in [-0.1, -0.05) is 19.1 Å². The summed E-state index contributed by atoms with van der Waals surface area (Å²) in [6.45, 7) is 3.70. The van der Waals surface area contributed by atoms with E-state index >= 15 is 0 Å². The van der Waals surface area contributed by atoms with Crippen molar-refractivity contribution < 1.29 is 17.6 Å². The molecular formula is C16H15F4N. The zero-order valence-corrected chi connectivity index (χ0v) is 11.7. The quantitative estimate of drug-likeness (QED) is 0.832. The largest absolute Gasteiger partial charge is 0.306 e. The fourth-order valence-corrected chi connectivity index (χ4v) is 2.23. The van der Waals surface area contributed by atoms with E-state index in [1.165, 1.54) is 19.1 Å². The zero-order chi connectivity index (χ0) is 15.6. The summed E-state index contributed by atoms with van der Waals surface area (Å²) >= 11 is 0. The van der Waals surface area contributed by atoms with Gasteiger partial charge in [0.25, 0.3) is 0 Å². The summed E-state index contributed by atoms with van der Waals surface area (Å²) < 4.78 is 54.7. The van der Waals surface area contributed by atoms with Crippen LogP contribution in [0.25, 0.3) is 0 Å². The molecule has 5 heteroatoms. The molecule has 0 aromatic heterocycles. The summed E-state index contributed by atoms with van der Waals surface area (Å²) in [6, 6.07) is 4.82. The molecule has 0 aliphatic heterocycles. The third-order valence-corrected chi connectivity index (χ3v) is 3.29. The number of benzene rings is 2. The Morgan fingerprint density at radius 2 is 1.62 bits per heavy atom. The zero-order valence-electron chi connectivity index (χ0n) is 11.7. The van der Waals surface area contributed by atoms with Crippen LogP contribution in [0.2, 0.25) is 0 Å². The Morgan fingerprint density at radius 1 is 0.952 bits per heavy atom. The number of halogens is 4. The third kappa shape index (κ3) is 3.08. The highest BCUT2D eigenvalue weighted by molar-refractivity contribution is 5.37. The van der Waals surface area contributed by atoms with Gasteiger partial charge in [-0.15, -0.1) is 0 Å². The van der Waals surface area contributed by atoms with Crippen LogP contribution in [-0.4, -0.2) is 6.54 Å². The predicted octanol–water partition coefficient (Wildman–Crippen LogP) is 4.25. The summed E-state index contributed by atoms with van der Waals surface area (Å²) in [7, 11) is 0. The van der Waals surface area contributed by atoms with Gasteiger partial charge in [0.05, 0.1) is 6.04 Å². The molecule has 2 aromatic rings. The van der Waals surface area contributed by atoms with E-state index in [1.54, 1.807) is 6.92 Å². The molecule has 1 nitrogen and oxygen atoms in total. The van der Waals surface area contributed by atoms with E-state index in [2.05, 4.69) is 5.32 Å². The first kappa shape index (κ1) is 15.5. The molecular weight excluding hydrogens is 282 g/mol. The first-order valence-corrected chi connectivity index (χ1v) is 6.58. The van der Waals surface area contributed by atoms with Crippen molar-refractivity contribution in [3.8, 4) is 0 Å². The SMILES string of the molecule is CCNC(c1ccc(F)c(F)c1)c1c(F)ccc(C)c1F. The Kier molecular flexibility index (Phi) is 4.63. The molecule has 0 fully saturated rings. The van der Waals surface area contributed by atoms with Crippen molar-refractivity contribution in [1.29, 1.82) is 0 Å². The second-order valence-corrected chi connectivity index (χ2v) is 4.76. The van der Waals surface area contributed by atoms with E-state index in [4.69, 9.17) is 0 Å². The summed E-state index contributed by atoms with van der Waals surface area (Å²) in [5, 5.41) is 2.90. The second kappa shape index (κ2) is 6.26. The van der Waals surface area contributed by atoms with Gasteiger partial charge in [0, 0.05) is 5.56 Å². The van der Waals surface area contributed by atoms with Crippen molar-refractivity contribution in [3.63, 3.8) is 0 Å². The van der Waals surface area contributed by atoms with Crippen LogP contribution in [0.15, 0.2) is 30.3 Å². The van der Waals surface area contributed by atoms with Gasteiger partial charge in [-0.05, 0) is 42.8 Å². The minimum atomic E-state index is -1.05. The van der Waals surface area contributed by atoms with Crippen molar-refractivity contribution in [1.82, 2.24) is 5.32 Å². The molecule has 112 valence electrons. The predicted molar refractivity (Wildman–Crippen MR) is 73.0 cm³/mol. The van der Waals surface area contributed by atoms with Crippen LogP contribution in [0, 0.1) is 30.2 Å². The van der Waals surface area contributed by atoms with E-state index in [9.17, 15) is 17.6 Å². The van der Waals surface area contributed by atoms with Crippen molar-refractivity contribution >= 4 is 0 Å². The molecule has 0 amide bonds. The molecule has 0 bridgehead atoms. The fourth-order valence-electron chi connectivity index (χ4n) is 2.23. The summed E-state index contributed by atoms with van der Waals surface area (Å²) in [6.07, 6.45) is 0. The maximum absolute atomic E-state index is 14.3. The molecule has 2 aromatic carbocycles. The summed E-state index contributed by atoms with van der Waals surface area (Å²) in [5.41, 5.74) is 0.360. The highest BCUT2D eigenvalue weighted by Crippen LogP contribution is 2.29. The first-order chi connectivity index (χ1) is 9.95. The van der Waals surface area contributed by atoms with Gasteiger partial charge in [0.1, 0.15) is 11.6 Å². The van der Waals surface area contributed by atoms with E-state index in [1.807, 2.05) is 0 Å². The average Bonchev–Trinajstić information content (AvgIpc) is 2.45. The number of rotatable bonds is 4. The number of aryl methyl sites for hydroxylation is 1. The highest BCUT2D eigenvalue weighted by Gasteiger charge is 2.23. The molecule has 0 radical (unpaired) electrons. The maximum Gasteiger partial charge on any atom is 0.159 e. The molecule has 0 spiro atoms. The minimum Gasteiger partial charge on any atom is -0.306 e. The van der Waals surface area contributed by atoms with Crippen LogP contribution >= 0.6 is 0 Å². The van der Waals surface area contributed by atoms with E-state index < -0.39 is 29.3 Å².